The number of halogens is 2. The molecular weight excluding hydrogens is 370 g/mol. The minimum atomic E-state index is -0.379. The summed E-state index contributed by atoms with van der Waals surface area (Å²) < 4.78 is 1.76. The zero-order valence-electron chi connectivity index (χ0n) is 8.74. The number of amides is 1. The lowest BCUT2D eigenvalue weighted by Crippen LogP contribution is -2.52. The van der Waals surface area contributed by atoms with Crippen molar-refractivity contribution in [3.05, 3.63) is 19.2 Å². The van der Waals surface area contributed by atoms with E-state index in [9.17, 15) is 4.79 Å². The van der Waals surface area contributed by atoms with Gasteiger partial charge in [0.15, 0.2) is 0 Å². The van der Waals surface area contributed by atoms with Gasteiger partial charge in [-0.15, -0.1) is 11.3 Å². The molecule has 90 valence electrons. The summed E-state index contributed by atoms with van der Waals surface area (Å²) in [6.07, 6.45) is 0. The number of carbonyl (C=O) groups excluding carboxylic acids is 1. The molecule has 1 saturated heterocycles. The Bertz CT molecular complexity index is 463. The Morgan fingerprint density at radius 1 is 1.65 bits per heavy atom. The van der Waals surface area contributed by atoms with E-state index in [1.807, 2.05) is 0 Å². The molecule has 1 N–H and O–H groups in total. The van der Waals surface area contributed by atoms with Gasteiger partial charge in [-0.25, -0.2) is 0 Å². The minimum Gasteiger partial charge on any atom is -0.319 e. The van der Waals surface area contributed by atoms with Gasteiger partial charge in [0.2, 0.25) is 0 Å². The molecule has 1 fully saturated rings. The van der Waals surface area contributed by atoms with Crippen molar-refractivity contribution in [3.8, 4) is 6.07 Å². The fourth-order valence-electron chi connectivity index (χ4n) is 1.66. The van der Waals surface area contributed by atoms with Gasteiger partial charge >= 0.3 is 0 Å². The molecule has 1 aliphatic heterocycles. The summed E-state index contributed by atoms with van der Waals surface area (Å²) in [6, 6.07) is 3.56. The van der Waals surface area contributed by atoms with Gasteiger partial charge in [0.05, 0.1) is 14.7 Å². The lowest BCUT2D eigenvalue weighted by molar-refractivity contribution is 0.0692. The molecule has 2 rings (SSSR count). The van der Waals surface area contributed by atoms with Crippen LogP contribution in [0, 0.1) is 11.3 Å². The van der Waals surface area contributed by atoms with Crippen LogP contribution in [0.15, 0.2) is 14.3 Å². The first kappa shape index (κ1) is 13.0. The Morgan fingerprint density at radius 3 is 3.00 bits per heavy atom. The molecule has 4 nitrogen and oxygen atoms in total. The van der Waals surface area contributed by atoms with E-state index in [0.717, 1.165) is 14.8 Å². The van der Waals surface area contributed by atoms with Gasteiger partial charge in [0, 0.05) is 24.1 Å². The zero-order chi connectivity index (χ0) is 12.4. The van der Waals surface area contributed by atoms with E-state index in [1.54, 1.807) is 11.0 Å². The van der Waals surface area contributed by atoms with Crippen LogP contribution in [0.25, 0.3) is 0 Å². The average Bonchev–Trinajstić information content (AvgIpc) is 2.68. The van der Waals surface area contributed by atoms with Gasteiger partial charge in [-0.1, -0.05) is 0 Å². The highest BCUT2D eigenvalue weighted by atomic mass is 79.9. The monoisotopic (exact) mass is 377 g/mol. The number of nitrogens with zero attached hydrogens (tertiary/aromatic N) is 2. The molecule has 17 heavy (non-hydrogen) atoms. The zero-order valence-corrected chi connectivity index (χ0v) is 12.7. The second kappa shape index (κ2) is 5.48. The Balaban J connectivity index is 2.21. The maximum absolute atomic E-state index is 12.3. The van der Waals surface area contributed by atoms with E-state index in [4.69, 9.17) is 5.26 Å². The molecule has 1 atom stereocenters. The summed E-state index contributed by atoms with van der Waals surface area (Å²) in [5, 5.41) is 12.1. The second-order valence-corrected chi connectivity index (χ2v) is 6.80. The summed E-state index contributed by atoms with van der Waals surface area (Å²) in [5.74, 6) is -0.0746. The molecule has 0 bridgehead atoms. The van der Waals surface area contributed by atoms with Crippen LogP contribution in [0.3, 0.4) is 0 Å². The van der Waals surface area contributed by atoms with Crippen LogP contribution in [0.2, 0.25) is 0 Å². The van der Waals surface area contributed by atoms with E-state index >= 15 is 0 Å². The minimum absolute atomic E-state index is 0.0746. The van der Waals surface area contributed by atoms with Crippen molar-refractivity contribution in [3.63, 3.8) is 0 Å². The smallest absolute Gasteiger partial charge is 0.265 e. The van der Waals surface area contributed by atoms with Crippen molar-refractivity contribution in [2.75, 3.05) is 19.6 Å². The largest absolute Gasteiger partial charge is 0.319 e. The fourth-order valence-corrected chi connectivity index (χ4v) is 3.65. The number of thiophene rings is 1. The van der Waals surface area contributed by atoms with Gasteiger partial charge < -0.3 is 10.2 Å². The lowest BCUT2D eigenvalue weighted by Gasteiger charge is -2.31. The number of nitrogens with one attached hydrogen (secondary N) is 1. The van der Waals surface area contributed by atoms with Crippen LogP contribution in [-0.4, -0.2) is 36.5 Å². The van der Waals surface area contributed by atoms with E-state index < -0.39 is 0 Å². The van der Waals surface area contributed by atoms with E-state index in [1.165, 1.54) is 11.3 Å². The molecule has 7 heteroatoms. The van der Waals surface area contributed by atoms with Crippen LogP contribution in [0.1, 0.15) is 9.67 Å². The van der Waals surface area contributed by atoms with Gasteiger partial charge in [-0.3, -0.25) is 4.79 Å². The van der Waals surface area contributed by atoms with Crippen molar-refractivity contribution >= 4 is 49.1 Å². The van der Waals surface area contributed by atoms with Crippen LogP contribution in [-0.2, 0) is 0 Å². The van der Waals surface area contributed by atoms with Crippen LogP contribution < -0.4 is 5.32 Å². The van der Waals surface area contributed by atoms with Crippen LogP contribution in [0.4, 0.5) is 0 Å². The average molecular weight is 379 g/mol. The fraction of sp³-hybridized carbons (Fsp3) is 0.400. The Hall–Kier alpha value is -0.420. The summed E-state index contributed by atoms with van der Waals surface area (Å²) in [5.41, 5.74) is 0. The van der Waals surface area contributed by atoms with Crippen LogP contribution in [0.5, 0.6) is 0 Å². The standard InChI is InChI=1S/C10H9Br2N3OS/c11-7-3-8(17-9(7)12)10(16)15-2-1-14-5-6(15)4-13/h3,6,14H,1-2,5H2. The van der Waals surface area contributed by atoms with Gasteiger partial charge in [-0.05, 0) is 37.9 Å². The number of hydrogen-bond acceptors (Lipinski definition) is 4. The summed E-state index contributed by atoms with van der Waals surface area (Å²) >= 11 is 8.10. The molecule has 0 spiro atoms. The summed E-state index contributed by atoms with van der Waals surface area (Å²) in [7, 11) is 0. The third-order valence-corrected chi connectivity index (χ3v) is 5.75. The van der Waals surface area contributed by atoms with Crippen molar-refractivity contribution < 1.29 is 4.79 Å². The van der Waals surface area contributed by atoms with Gasteiger partial charge in [0.1, 0.15) is 6.04 Å². The lowest BCUT2D eigenvalue weighted by atomic mass is 10.2. The van der Waals surface area contributed by atoms with E-state index in [0.29, 0.717) is 18.0 Å². The predicted octanol–water partition coefficient (Wildman–Crippen LogP) is 2.21. The number of hydrogen-bond donors (Lipinski definition) is 1. The third-order valence-electron chi connectivity index (χ3n) is 2.51. The number of rotatable bonds is 1. The molecule has 1 aromatic rings. The predicted molar refractivity (Wildman–Crippen MR) is 73.0 cm³/mol. The van der Waals surface area contributed by atoms with Gasteiger partial charge in [-0.2, -0.15) is 5.26 Å². The van der Waals surface area contributed by atoms with E-state index in [2.05, 4.69) is 43.2 Å². The van der Waals surface area contributed by atoms with Crippen molar-refractivity contribution in [2.45, 2.75) is 6.04 Å². The van der Waals surface area contributed by atoms with Crippen LogP contribution >= 0.6 is 43.2 Å². The second-order valence-electron chi connectivity index (χ2n) is 3.58. The molecule has 1 amide bonds. The molecule has 1 aliphatic rings. The SMILES string of the molecule is N#CC1CNCCN1C(=O)c1cc(Br)c(Br)s1. The van der Waals surface area contributed by atoms with Crippen molar-refractivity contribution in [1.29, 1.82) is 5.26 Å². The summed E-state index contributed by atoms with van der Waals surface area (Å²) in [6.45, 7) is 1.85. The molecule has 0 radical (unpaired) electrons. The molecule has 2 heterocycles. The molecule has 0 saturated carbocycles. The van der Waals surface area contributed by atoms with Gasteiger partial charge in [0.25, 0.3) is 5.91 Å². The highest BCUT2D eigenvalue weighted by molar-refractivity contribution is 9.13. The Morgan fingerprint density at radius 2 is 2.41 bits per heavy atom. The molecule has 0 aromatic carbocycles. The third kappa shape index (κ3) is 2.71. The maximum atomic E-state index is 12.3. The Kier molecular flexibility index (Phi) is 4.20. The van der Waals surface area contributed by atoms with Crippen molar-refractivity contribution in [1.82, 2.24) is 10.2 Å². The number of nitriles is 1. The first-order chi connectivity index (χ1) is 8.13. The highest BCUT2D eigenvalue weighted by Crippen LogP contribution is 2.33. The highest BCUT2D eigenvalue weighted by Gasteiger charge is 2.28. The number of carbonyl (C=O) groups is 1. The number of piperazine rings is 1. The van der Waals surface area contributed by atoms with Crippen molar-refractivity contribution in [2.24, 2.45) is 0 Å². The first-order valence-electron chi connectivity index (χ1n) is 4.99. The quantitative estimate of drug-likeness (QED) is 0.815. The maximum Gasteiger partial charge on any atom is 0.265 e. The molecule has 0 aliphatic carbocycles. The van der Waals surface area contributed by atoms with E-state index in [-0.39, 0.29) is 11.9 Å². The first-order valence-corrected chi connectivity index (χ1v) is 7.40. The topological polar surface area (TPSA) is 56.1 Å². The molecular formula is C10H9Br2N3OS. The molecule has 1 unspecified atom stereocenters. The molecule has 1 aromatic heterocycles. The normalized spacial score (nSPS) is 20.1. The summed E-state index contributed by atoms with van der Waals surface area (Å²) in [4.78, 5) is 14.5. The Labute approximate surface area is 120 Å².